The van der Waals surface area contributed by atoms with Crippen molar-refractivity contribution in [3.05, 3.63) is 46.7 Å². The molecule has 17 heavy (non-hydrogen) atoms. The molecule has 6 nitrogen and oxygen atoms in total. The topological polar surface area (TPSA) is 76.6 Å². The summed E-state index contributed by atoms with van der Waals surface area (Å²) in [6.45, 7) is 1.73. The van der Waals surface area contributed by atoms with Crippen LogP contribution in [0.15, 0.2) is 41.1 Å². The van der Waals surface area contributed by atoms with Gasteiger partial charge < -0.3 is 9.67 Å². The van der Waals surface area contributed by atoms with Crippen LogP contribution in [0.4, 0.5) is 0 Å². The molecule has 0 aliphatic carbocycles. The first-order valence-electron chi connectivity index (χ1n) is 5.02. The molecule has 0 bridgehead atoms. The summed E-state index contributed by atoms with van der Waals surface area (Å²) in [6.07, 6.45) is 6.27. The van der Waals surface area contributed by atoms with Crippen molar-refractivity contribution in [2.45, 2.75) is 13.5 Å². The second-order valence-electron chi connectivity index (χ2n) is 3.61. The van der Waals surface area contributed by atoms with Crippen LogP contribution in [0, 0.1) is 0 Å². The molecule has 0 aliphatic rings. The zero-order chi connectivity index (χ0) is 12.4. The lowest BCUT2D eigenvalue weighted by atomic mass is 10.3. The van der Waals surface area contributed by atoms with Crippen molar-refractivity contribution in [1.29, 1.82) is 0 Å². The molecule has 2 aromatic heterocycles. The van der Waals surface area contributed by atoms with Gasteiger partial charge in [-0.25, -0.2) is 9.31 Å². The fraction of sp³-hybridized carbons (Fsp3) is 0.182. The lowest BCUT2D eigenvalue weighted by Crippen LogP contribution is -2.21. The molecule has 0 spiro atoms. The predicted molar refractivity (Wildman–Crippen MR) is 60.8 cm³/mol. The normalized spacial score (nSPS) is 11.9. The van der Waals surface area contributed by atoms with Gasteiger partial charge in [-0.3, -0.25) is 4.79 Å². The summed E-state index contributed by atoms with van der Waals surface area (Å²) in [6, 6.07) is 1.62. The summed E-state index contributed by atoms with van der Waals surface area (Å²) in [5, 5.41) is 12.6. The maximum absolute atomic E-state index is 11.9. The summed E-state index contributed by atoms with van der Waals surface area (Å²) in [4.78, 5) is 22.5. The van der Waals surface area contributed by atoms with Gasteiger partial charge in [0.05, 0.1) is 6.20 Å². The van der Waals surface area contributed by atoms with E-state index in [9.17, 15) is 9.59 Å². The fourth-order valence-electron chi connectivity index (χ4n) is 1.43. The Morgan fingerprint density at radius 3 is 3.00 bits per heavy atom. The number of carboxylic acid groups (broad SMARTS) is 1. The molecular formula is C11H11N3O3. The van der Waals surface area contributed by atoms with Gasteiger partial charge in [0.25, 0.3) is 5.56 Å². The standard InChI is InChI=1S/C11H11N3O3/c1-8(11(16)17)3-5-13-6-7-14-9(10(13)15)2-4-12-14/h2-4,6-7H,5H2,1H3,(H,16,17)/b8-3-. The molecule has 0 aromatic carbocycles. The predicted octanol–water partition coefficient (Wildman–Crippen LogP) is 0.527. The molecule has 0 amide bonds. The lowest BCUT2D eigenvalue weighted by molar-refractivity contribution is -0.132. The first-order valence-corrected chi connectivity index (χ1v) is 5.02. The van der Waals surface area contributed by atoms with Crippen LogP contribution >= 0.6 is 0 Å². The van der Waals surface area contributed by atoms with Gasteiger partial charge in [-0.2, -0.15) is 5.10 Å². The number of hydrogen-bond donors (Lipinski definition) is 1. The lowest BCUT2D eigenvalue weighted by Gasteiger charge is -2.02. The zero-order valence-corrected chi connectivity index (χ0v) is 9.20. The number of carboxylic acids is 1. The van der Waals surface area contributed by atoms with Gasteiger partial charge in [0, 0.05) is 24.5 Å². The third-order valence-electron chi connectivity index (χ3n) is 2.47. The van der Waals surface area contributed by atoms with E-state index in [-0.39, 0.29) is 17.7 Å². The van der Waals surface area contributed by atoms with Gasteiger partial charge in [-0.15, -0.1) is 0 Å². The second-order valence-corrected chi connectivity index (χ2v) is 3.61. The van der Waals surface area contributed by atoms with E-state index in [2.05, 4.69) is 5.10 Å². The Balaban J connectivity index is 2.37. The highest BCUT2D eigenvalue weighted by Crippen LogP contribution is 1.97. The molecule has 0 saturated heterocycles. The first-order chi connectivity index (χ1) is 8.09. The van der Waals surface area contributed by atoms with Gasteiger partial charge in [0.15, 0.2) is 0 Å². The summed E-state index contributed by atoms with van der Waals surface area (Å²) < 4.78 is 2.91. The molecule has 0 aliphatic heterocycles. The zero-order valence-electron chi connectivity index (χ0n) is 9.20. The van der Waals surface area contributed by atoms with Crippen molar-refractivity contribution < 1.29 is 9.90 Å². The smallest absolute Gasteiger partial charge is 0.331 e. The molecule has 0 fully saturated rings. The number of rotatable bonds is 3. The molecule has 1 N–H and O–H groups in total. The van der Waals surface area contributed by atoms with Crippen LogP contribution in [-0.2, 0) is 11.3 Å². The Kier molecular flexibility index (Phi) is 2.78. The highest BCUT2D eigenvalue weighted by atomic mass is 16.4. The van der Waals surface area contributed by atoms with Gasteiger partial charge in [-0.1, -0.05) is 6.08 Å². The van der Waals surface area contributed by atoms with E-state index < -0.39 is 5.97 Å². The molecule has 0 saturated carbocycles. The quantitative estimate of drug-likeness (QED) is 0.784. The van der Waals surface area contributed by atoms with E-state index in [1.54, 1.807) is 24.7 Å². The van der Waals surface area contributed by atoms with Crippen LogP contribution in [0.1, 0.15) is 6.92 Å². The van der Waals surface area contributed by atoms with Crippen LogP contribution in [0.5, 0.6) is 0 Å². The Bertz CT molecular complexity index is 651. The maximum atomic E-state index is 11.9. The van der Waals surface area contributed by atoms with Gasteiger partial charge in [0.1, 0.15) is 5.52 Å². The van der Waals surface area contributed by atoms with Crippen molar-refractivity contribution in [3.63, 3.8) is 0 Å². The highest BCUT2D eigenvalue weighted by molar-refractivity contribution is 5.85. The Morgan fingerprint density at radius 1 is 1.53 bits per heavy atom. The molecule has 88 valence electrons. The number of aliphatic carboxylic acids is 1. The maximum Gasteiger partial charge on any atom is 0.331 e. The number of nitrogens with zero attached hydrogens (tertiary/aromatic N) is 3. The van der Waals surface area contributed by atoms with Crippen LogP contribution in [0.25, 0.3) is 5.52 Å². The molecule has 2 heterocycles. The third kappa shape index (κ3) is 2.10. The number of aromatic nitrogens is 3. The Labute approximate surface area is 96.4 Å². The molecule has 6 heteroatoms. The van der Waals surface area contributed by atoms with Crippen molar-refractivity contribution in [2.24, 2.45) is 0 Å². The monoisotopic (exact) mass is 233 g/mol. The third-order valence-corrected chi connectivity index (χ3v) is 2.47. The molecular weight excluding hydrogens is 222 g/mol. The SMILES string of the molecule is C/C(=C/Cn1ccn2nccc2c1=O)C(=O)O. The van der Waals surface area contributed by atoms with Crippen molar-refractivity contribution in [3.8, 4) is 0 Å². The Hall–Kier alpha value is -2.37. The molecule has 0 atom stereocenters. The number of hydrogen-bond acceptors (Lipinski definition) is 3. The van der Waals surface area contributed by atoms with Crippen molar-refractivity contribution >= 4 is 11.5 Å². The second kappa shape index (κ2) is 4.25. The number of fused-ring (bicyclic) bond motifs is 1. The van der Waals surface area contributed by atoms with E-state index in [4.69, 9.17) is 5.11 Å². The fourth-order valence-corrected chi connectivity index (χ4v) is 1.43. The number of carbonyl (C=O) groups is 1. The van der Waals surface area contributed by atoms with Crippen LogP contribution in [-0.4, -0.2) is 25.3 Å². The molecule has 2 aromatic rings. The summed E-state index contributed by atoms with van der Waals surface area (Å²) in [5.74, 6) is -0.983. The van der Waals surface area contributed by atoms with E-state index in [0.717, 1.165) is 0 Å². The van der Waals surface area contributed by atoms with Crippen molar-refractivity contribution in [1.82, 2.24) is 14.2 Å². The van der Waals surface area contributed by atoms with E-state index in [1.165, 1.54) is 22.1 Å². The van der Waals surface area contributed by atoms with E-state index in [1.807, 2.05) is 0 Å². The van der Waals surface area contributed by atoms with Gasteiger partial charge in [0.2, 0.25) is 0 Å². The summed E-state index contributed by atoms with van der Waals surface area (Å²) in [5.41, 5.74) is 0.485. The minimum atomic E-state index is -0.983. The van der Waals surface area contributed by atoms with Crippen molar-refractivity contribution in [2.75, 3.05) is 0 Å². The van der Waals surface area contributed by atoms with Gasteiger partial charge >= 0.3 is 5.97 Å². The largest absolute Gasteiger partial charge is 0.478 e. The molecule has 0 radical (unpaired) electrons. The van der Waals surface area contributed by atoms with Crippen LogP contribution in [0.2, 0.25) is 0 Å². The van der Waals surface area contributed by atoms with E-state index in [0.29, 0.717) is 5.52 Å². The Morgan fingerprint density at radius 2 is 2.29 bits per heavy atom. The van der Waals surface area contributed by atoms with Crippen LogP contribution < -0.4 is 5.56 Å². The summed E-state index contributed by atoms with van der Waals surface area (Å²) in [7, 11) is 0. The molecule has 0 unspecified atom stereocenters. The van der Waals surface area contributed by atoms with Gasteiger partial charge in [-0.05, 0) is 13.0 Å². The average Bonchev–Trinajstić information content (AvgIpc) is 2.76. The average molecular weight is 233 g/mol. The number of allylic oxidation sites excluding steroid dienone is 1. The minimum absolute atomic E-state index is 0.195. The summed E-state index contributed by atoms with van der Waals surface area (Å²) >= 11 is 0. The first kappa shape index (κ1) is 11.1. The molecule has 2 rings (SSSR count). The van der Waals surface area contributed by atoms with Crippen LogP contribution in [0.3, 0.4) is 0 Å². The highest BCUT2D eigenvalue weighted by Gasteiger charge is 2.03. The minimum Gasteiger partial charge on any atom is -0.478 e. The van der Waals surface area contributed by atoms with E-state index >= 15 is 0 Å².